The van der Waals surface area contributed by atoms with Crippen molar-refractivity contribution in [2.24, 2.45) is 0 Å². The smallest absolute Gasteiger partial charge is 0.146 e. The third-order valence-corrected chi connectivity index (χ3v) is 3.25. The molecular weight excluding hydrogens is 214 g/mol. The molecule has 4 nitrogen and oxygen atoms in total. The summed E-state index contributed by atoms with van der Waals surface area (Å²) < 4.78 is 0. The van der Waals surface area contributed by atoms with E-state index in [1.807, 2.05) is 13.8 Å². The van der Waals surface area contributed by atoms with E-state index in [9.17, 15) is 5.11 Å². The molecule has 1 N–H and O–H groups in total. The molecule has 1 aromatic rings. The van der Waals surface area contributed by atoms with Crippen molar-refractivity contribution >= 4 is 5.82 Å². The van der Waals surface area contributed by atoms with Crippen LogP contribution >= 0.6 is 0 Å². The Kier molecular flexibility index (Phi) is 3.03. The Labute approximate surface area is 102 Å². The molecule has 17 heavy (non-hydrogen) atoms. The van der Waals surface area contributed by atoms with Crippen molar-refractivity contribution in [2.75, 3.05) is 11.4 Å². The van der Waals surface area contributed by atoms with Gasteiger partial charge in [0.1, 0.15) is 11.9 Å². The number of nitrogens with zero attached hydrogens (tertiary/aromatic N) is 3. The Balaban J connectivity index is 2.37. The first-order chi connectivity index (χ1) is 8.04. The number of pyridine rings is 1. The van der Waals surface area contributed by atoms with Gasteiger partial charge in [-0.1, -0.05) is 0 Å². The van der Waals surface area contributed by atoms with Crippen LogP contribution in [0.3, 0.4) is 0 Å². The van der Waals surface area contributed by atoms with E-state index >= 15 is 0 Å². The van der Waals surface area contributed by atoms with Crippen molar-refractivity contribution in [3.63, 3.8) is 0 Å². The summed E-state index contributed by atoms with van der Waals surface area (Å²) >= 11 is 0. The van der Waals surface area contributed by atoms with Gasteiger partial charge < -0.3 is 10.0 Å². The molecule has 0 saturated carbocycles. The predicted molar refractivity (Wildman–Crippen MR) is 65.6 cm³/mol. The molecule has 0 aromatic carbocycles. The fraction of sp³-hybridized carbons (Fsp3) is 0.538. The number of hydrogen-bond acceptors (Lipinski definition) is 4. The van der Waals surface area contributed by atoms with Crippen molar-refractivity contribution in [1.29, 1.82) is 5.26 Å². The first-order valence-electron chi connectivity index (χ1n) is 5.88. The SMILES string of the molecule is CC(C)(O)[C@@H]1CCCN1c1ncccc1C#N. The lowest BCUT2D eigenvalue weighted by molar-refractivity contribution is 0.0533. The molecule has 0 radical (unpaired) electrons. The van der Waals surface area contributed by atoms with Crippen LogP contribution in [0.25, 0.3) is 0 Å². The quantitative estimate of drug-likeness (QED) is 0.841. The zero-order valence-electron chi connectivity index (χ0n) is 10.2. The lowest BCUT2D eigenvalue weighted by atomic mass is 9.96. The third kappa shape index (κ3) is 2.25. The van der Waals surface area contributed by atoms with Gasteiger partial charge in [0.15, 0.2) is 0 Å². The lowest BCUT2D eigenvalue weighted by Crippen LogP contribution is -2.46. The number of nitriles is 1. The number of hydrogen-bond donors (Lipinski definition) is 1. The summed E-state index contributed by atoms with van der Waals surface area (Å²) in [7, 11) is 0. The van der Waals surface area contributed by atoms with E-state index in [4.69, 9.17) is 5.26 Å². The number of aliphatic hydroxyl groups is 1. The summed E-state index contributed by atoms with van der Waals surface area (Å²) in [6.45, 7) is 4.47. The van der Waals surface area contributed by atoms with Crippen molar-refractivity contribution in [3.05, 3.63) is 23.9 Å². The van der Waals surface area contributed by atoms with Crippen LogP contribution in [0.5, 0.6) is 0 Å². The molecule has 0 aliphatic carbocycles. The summed E-state index contributed by atoms with van der Waals surface area (Å²) in [5, 5.41) is 19.2. The molecule has 0 amide bonds. The molecule has 90 valence electrons. The molecule has 4 heteroatoms. The molecule has 1 aliphatic heterocycles. The van der Waals surface area contributed by atoms with E-state index in [2.05, 4.69) is 16.0 Å². The minimum Gasteiger partial charge on any atom is -0.388 e. The highest BCUT2D eigenvalue weighted by Gasteiger charge is 2.37. The Hall–Kier alpha value is -1.60. The topological polar surface area (TPSA) is 60.1 Å². The van der Waals surface area contributed by atoms with E-state index in [-0.39, 0.29) is 6.04 Å². The second-order valence-corrected chi connectivity index (χ2v) is 4.99. The third-order valence-electron chi connectivity index (χ3n) is 3.25. The minimum atomic E-state index is -0.777. The van der Waals surface area contributed by atoms with Gasteiger partial charge in [-0.05, 0) is 38.8 Å². The average molecular weight is 231 g/mol. The van der Waals surface area contributed by atoms with Crippen molar-refractivity contribution in [1.82, 2.24) is 4.98 Å². The highest BCUT2D eigenvalue weighted by molar-refractivity contribution is 5.55. The summed E-state index contributed by atoms with van der Waals surface area (Å²) in [4.78, 5) is 6.34. The van der Waals surface area contributed by atoms with Crippen LogP contribution in [-0.2, 0) is 0 Å². The molecule has 2 rings (SSSR count). The summed E-state index contributed by atoms with van der Waals surface area (Å²) in [5.74, 6) is 0.694. The zero-order valence-corrected chi connectivity index (χ0v) is 10.2. The largest absolute Gasteiger partial charge is 0.388 e. The van der Waals surface area contributed by atoms with E-state index in [0.29, 0.717) is 11.4 Å². The summed E-state index contributed by atoms with van der Waals surface area (Å²) in [5.41, 5.74) is -0.204. The monoisotopic (exact) mass is 231 g/mol. The van der Waals surface area contributed by atoms with Crippen LogP contribution in [0.4, 0.5) is 5.82 Å². The Morgan fingerprint density at radius 1 is 1.59 bits per heavy atom. The van der Waals surface area contributed by atoms with Gasteiger partial charge in [-0.2, -0.15) is 5.26 Å². The highest BCUT2D eigenvalue weighted by atomic mass is 16.3. The summed E-state index contributed by atoms with van der Waals surface area (Å²) in [6, 6.07) is 5.72. The van der Waals surface area contributed by atoms with Crippen LogP contribution in [-0.4, -0.2) is 28.3 Å². The maximum absolute atomic E-state index is 10.2. The van der Waals surface area contributed by atoms with Crippen LogP contribution < -0.4 is 4.90 Å². The van der Waals surface area contributed by atoms with Crippen LogP contribution in [0.2, 0.25) is 0 Å². The fourth-order valence-corrected chi connectivity index (χ4v) is 2.47. The van der Waals surface area contributed by atoms with E-state index in [1.165, 1.54) is 0 Å². The van der Waals surface area contributed by atoms with Gasteiger partial charge in [0.25, 0.3) is 0 Å². The molecule has 0 unspecified atom stereocenters. The van der Waals surface area contributed by atoms with Crippen LogP contribution in [0, 0.1) is 11.3 Å². The first-order valence-corrected chi connectivity index (χ1v) is 5.88. The predicted octanol–water partition coefficient (Wildman–Crippen LogP) is 1.69. The number of aromatic nitrogens is 1. The van der Waals surface area contributed by atoms with Crippen LogP contribution in [0.15, 0.2) is 18.3 Å². The molecule has 1 fully saturated rings. The van der Waals surface area contributed by atoms with Gasteiger partial charge in [-0.15, -0.1) is 0 Å². The molecule has 1 aromatic heterocycles. The average Bonchev–Trinajstić information content (AvgIpc) is 2.77. The molecular formula is C13H17N3O. The van der Waals surface area contributed by atoms with Crippen molar-refractivity contribution < 1.29 is 5.11 Å². The van der Waals surface area contributed by atoms with E-state index in [1.54, 1.807) is 18.3 Å². The van der Waals surface area contributed by atoms with Gasteiger partial charge in [0.2, 0.25) is 0 Å². The molecule has 1 saturated heterocycles. The van der Waals surface area contributed by atoms with Gasteiger partial charge in [0, 0.05) is 12.7 Å². The Morgan fingerprint density at radius 3 is 3.00 bits per heavy atom. The summed E-state index contributed by atoms with van der Waals surface area (Å²) in [6.07, 6.45) is 3.65. The molecule has 1 atom stereocenters. The minimum absolute atomic E-state index is 0.0319. The van der Waals surface area contributed by atoms with Crippen LogP contribution in [0.1, 0.15) is 32.3 Å². The fourth-order valence-electron chi connectivity index (χ4n) is 2.47. The van der Waals surface area contributed by atoms with Gasteiger partial charge >= 0.3 is 0 Å². The van der Waals surface area contributed by atoms with Crippen molar-refractivity contribution in [2.45, 2.75) is 38.3 Å². The second kappa shape index (κ2) is 4.34. The standard InChI is InChI=1S/C13H17N3O/c1-13(2,17)11-6-4-8-16(11)12-10(9-14)5-3-7-15-12/h3,5,7,11,17H,4,6,8H2,1-2H3/t11-/m0/s1. The molecule has 0 bridgehead atoms. The molecule has 2 heterocycles. The Morgan fingerprint density at radius 2 is 2.35 bits per heavy atom. The van der Waals surface area contributed by atoms with Gasteiger partial charge in [-0.25, -0.2) is 4.98 Å². The number of anilines is 1. The Bertz CT molecular complexity index is 445. The normalized spacial score (nSPS) is 20.4. The first kappa shape index (κ1) is 11.9. The zero-order chi connectivity index (χ0) is 12.5. The van der Waals surface area contributed by atoms with Gasteiger partial charge in [-0.3, -0.25) is 0 Å². The van der Waals surface area contributed by atoms with E-state index < -0.39 is 5.60 Å². The molecule has 0 spiro atoms. The highest BCUT2D eigenvalue weighted by Crippen LogP contribution is 2.31. The number of rotatable bonds is 2. The second-order valence-electron chi connectivity index (χ2n) is 4.99. The lowest BCUT2D eigenvalue weighted by Gasteiger charge is -2.34. The van der Waals surface area contributed by atoms with Crippen molar-refractivity contribution in [3.8, 4) is 6.07 Å². The molecule has 1 aliphatic rings. The maximum Gasteiger partial charge on any atom is 0.146 e. The maximum atomic E-state index is 10.2. The van der Waals surface area contributed by atoms with E-state index in [0.717, 1.165) is 19.4 Å². The van der Waals surface area contributed by atoms with Gasteiger partial charge in [0.05, 0.1) is 17.2 Å².